The Morgan fingerprint density at radius 3 is 2.59 bits per heavy atom. The van der Waals surface area contributed by atoms with Crippen LogP contribution in [0.3, 0.4) is 0 Å². The van der Waals surface area contributed by atoms with Gasteiger partial charge >= 0.3 is 0 Å². The molecule has 0 N–H and O–H groups in total. The largest absolute Gasteiger partial charge is 0.354 e. The second-order valence-corrected chi connectivity index (χ2v) is 6.18. The molecule has 2 aromatic heterocycles. The number of fused-ring (bicyclic) bond motifs is 1. The zero-order valence-electron chi connectivity index (χ0n) is 13.5. The van der Waals surface area contributed by atoms with Crippen molar-refractivity contribution in [3.05, 3.63) is 40.3 Å². The zero-order chi connectivity index (χ0) is 15.7. The summed E-state index contributed by atoms with van der Waals surface area (Å²) in [5, 5.41) is 0. The highest BCUT2D eigenvalue weighted by Gasteiger charge is 2.21. The molecule has 0 aromatic carbocycles. The van der Waals surface area contributed by atoms with E-state index < -0.39 is 0 Å². The molecule has 1 saturated heterocycles. The second-order valence-electron chi connectivity index (χ2n) is 6.18. The fraction of sp³-hybridized carbons (Fsp3) is 0.500. The minimum Gasteiger partial charge on any atom is -0.354 e. The Bertz CT molecular complexity index is 716. The van der Waals surface area contributed by atoms with Crippen LogP contribution in [-0.2, 0) is 6.54 Å². The van der Waals surface area contributed by atoms with Gasteiger partial charge in [-0.05, 0) is 33.3 Å². The molecule has 2 aromatic rings. The molecule has 1 fully saturated rings. The molecule has 0 aliphatic carbocycles. The topological polar surface area (TPSA) is 44.1 Å². The van der Waals surface area contributed by atoms with E-state index in [1.807, 2.05) is 37.2 Å². The van der Waals surface area contributed by atoms with Crippen molar-refractivity contribution in [2.24, 2.45) is 0 Å². The van der Waals surface area contributed by atoms with Crippen molar-refractivity contribution in [3.63, 3.8) is 0 Å². The van der Waals surface area contributed by atoms with E-state index in [1.54, 1.807) is 10.6 Å². The fourth-order valence-corrected chi connectivity index (χ4v) is 2.85. The first-order chi connectivity index (χ1) is 10.6. The highest BCUT2D eigenvalue weighted by molar-refractivity contribution is 5.53. The maximum Gasteiger partial charge on any atom is 0.264 e. The fourth-order valence-electron chi connectivity index (χ4n) is 2.85. The van der Waals surface area contributed by atoms with E-state index >= 15 is 0 Å². The minimum absolute atomic E-state index is 0.0354. The third-order valence-electron chi connectivity index (χ3n) is 4.08. The number of hydrogen-bond donors (Lipinski definition) is 0. The van der Waals surface area contributed by atoms with Crippen LogP contribution in [0.2, 0.25) is 0 Å². The van der Waals surface area contributed by atoms with Crippen molar-refractivity contribution in [2.75, 3.05) is 52.2 Å². The van der Waals surface area contributed by atoms with Crippen LogP contribution in [0.5, 0.6) is 0 Å². The Hall–Kier alpha value is -1.92. The van der Waals surface area contributed by atoms with Crippen molar-refractivity contribution < 1.29 is 0 Å². The normalized spacial score (nSPS) is 16.6. The Morgan fingerprint density at radius 1 is 1.18 bits per heavy atom. The van der Waals surface area contributed by atoms with Gasteiger partial charge in [0, 0.05) is 38.9 Å². The van der Waals surface area contributed by atoms with Crippen LogP contribution in [0.25, 0.3) is 5.65 Å². The number of anilines is 1. The smallest absolute Gasteiger partial charge is 0.264 e. The molecule has 0 saturated carbocycles. The molecule has 3 heterocycles. The zero-order valence-corrected chi connectivity index (χ0v) is 13.5. The van der Waals surface area contributed by atoms with Crippen molar-refractivity contribution in [1.82, 2.24) is 19.2 Å². The molecule has 118 valence electrons. The summed E-state index contributed by atoms with van der Waals surface area (Å²) in [5.74, 6) is 0.845. The van der Waals surface area contributed by atoms with Gasteiger partial charge in [0.25, 0.3) is 5.56 Å². The van der Waals surface area contributed by atoms with Gasteiger partial charge in [0.05, 0.1) is 5.56 Å². The summed E-state index contributed by atoms with van der Waals surface area (Å²) in [6, 6.07) is 5.67. The Morgan fingerprint density at radius 2 is 1.91 bits per heavy atom. The van der Waals surface area contributed by atoms with Crippen LogP contribution in [0.4, 0.5) is 5.82 Å². The molecule has 0 amide bonds. The molecular weight excluding hydrogens is 278 g/mol. The third kappa shape index (κ3) is 2.84. The van der Waals surface area contributed by atoms with Crippen molar-refractivity contribution in [3.8, 4) is 0 Å². The average Bonchev–Trinajstić information content (AvgIpc) is 2.50. The van der Waals surface area contributed by atoms with Gasteiger partial charge in [-0.2, -0.15) is 0 Å². The van der Waals surface area contributed by atoms with Crippen LogP contribution in [0, 0.1) is 0 Å². The summed E-state index contributed by atoms with van der Waals surface area (Å²) >= 11 is 0. The lowest BCUT2D eigenvalue weighted by atomic mass is 10.2. The molecule has 0 bridgehead atoms. The highest BCUT2D eigenvalue weighted by Crippen LogP contribution is 2.18. The molecule has 22 heavy (non-hydrogen) atoms. The number of nitrogens with zero attached hydrogens (tertiary/aromatic N) is 5. The number of rotatable bonds is 3. The molecule has 0 atom stereocenters. The van der Waals surface area contributed by atoms with Gasteiger partial charge in [-0.1, -0.05) is 6.07 Å². The van der Waals surface area contributed by atoms with E-state index in [4.69, 9.17) is 4.98 Å². The quantitative estimate of drug-likeness (QED) is 0.826. The Balaban J connectivity index is 2.12. The summed E-state index contributed by atoms with van der Waals surface area (Å²) in [6.45, 7) is 4.42. The van der Waals surface area contributed by atoms with Crippen LogP contribution in [-0.4, -0.2) is 66.5 Å². The molecule has 0 spiro atoms. The van der Waals surface area contributed by atoms with Gasteiger partial charge in [-0.25, -0.2) is 4.98 Å². The third-order valence-corrected chi connectivity index (χ3v) is 4.08. The molecule has 6 nitrogen and oxygen atoms in total. The van der Waals surface area contributed by atoms with Crippen molar-refractivity contribution in [1.29, 1.82) is 0 Å². The number of pyridine rings is 1. The summed E-state index contributed by atoms with van der Waals surface area (Å²) in [7, 11) is 6.08. The van der Waals surface area contributed by atoms with Gasteiger partial charge in [-0.15, -0.1) is 0 Å². The van der Waals surface area contributed by atoms with Gasteiger partial charge in [-0.3, -0.25) is 9.20 Å². The van der Waals surface area contributed by atoms with Crippen LogP contribution < -0.4 is 10.5 Å². The van der Waals surface area contributed by atoms with Crippen LogP contribution in [0.1, 0.15) is 5.56 Å². The lowest BCUT2D eigenvalue weighted by Gasteiger charge is -2.34. The number of hydrogen-bond acceptors (Lipinski definition) is 5. The van der Waals surface area contributed by atoms with Gasteiger partial charge in [0.15, 0.2) is 0 Å². The maximum absolute atomic E-state index is 12.9. The second kappa shape index (κ2) is 6.06. The highest BCUT2D eigenvalue weighted by atomic mass is 16.1. The van der Waals surface area contributed by atoms with E-state index in [9.17, 15) is 4.79 Å². The van der Waals surface area contributed by atoms with Crippen molar-refractivity contribution >= 4 is 11.5 Å². The number of likely N-dealkylation sites (N-methyl/N-ethyl adjacent to an activating group) is 1. The Kier molecular flexibility index (Phi) is 4.13. The van der Waals surface area contributed by atoms with E-state index in [0.717, 1.165) is 37.6 Å². The van der Waals surface area contributed by atoms with Crippen molar-refractivity contribution in [2.45, 2.75) is 6.54 Å². The average molecular weight is 301 g/mol. The predicted octanol–water partition coefficient (Wildman–Crippen LogP) is 0.508. The monoisotopic (exact) mass is 301 g/mol. The minimum atomic E-state index is 0.0354. The molecule has 6 heteroatoms. The van der Waals surface area contributed by atoms with E-state index in [-0.39, 0.29) is 5.56 Å². The first-order valence-corrected chi connectivity index (χ1v) is 7.65. The first kappa shape index (κ1) is 15.0. The number of piperazine rings is 1. The molecule has 0 unspecified atom stereocenters. The lowest BCUT2D eigenvalue weighted by molar-refractivity contribution is 0.311. The van der Waals surface area contributed by atoms with E-state index in [0.29, 0.717) is 12.2 Å². The lowest BCUT2D eigenvalue weighted by Crippen LogP contribution is -2.46. The summed E-state index contributed by atoms with van der Waals surface area (Å²) < 4.78 is 1.64. The summed E-state index contributed by atoms with van der Waals surface area (Å²) in [4.78, 5) is 24.2. The maximum atomic E-state index is 12.9. The standard InChI is InChI=1S/C16H23N5O/c1-18(2)12-13-15(20-10-8-19(3)9-11-20)17-14-6-4-5-7-21(14)16(13)22/h4-7H,8-12H2,1-3H3. The molecule has 0 radical (unpaired) electrons. The first-order valence-electron chi connectivity index (χ1n) is 7.65. The molecule has 1 aliphatic rings. The molecule has 1 aliphatic heterocycles. The van der Waals surface area contributed by atoms with Crippen LogP contribution >= 0.6 is 0 Å². The van der Waals surface area contributed by atoms with Gasteiger partial charge in [0.2, 0.25) is 0 Å². The van der Waals surface area contributed by atoms with Gasteiger partial charge in [0.1, 0.15) is 11.5 Å². The predicted molar refractivity (Wildman–Crippen MR) is 88.6 cm³/mol. The summed E-state index contributed by atoms with van der Waals surface area (Å²) in [6.07, 6.45) is 1.79. The Labute approximate surface area is 130 Å². The summed E-state index contributed by atoms with van der Waals surface area (Å²) in [5.41, 5.74) is 1.52. The molecule has 3 rings (SSSR count). The number of aromatic nitrogens is 2. The SMILES string of the molecule is CN(C)Cc1c(N2CCN(C)CC2)nc2ccccn2c1=O. The van der Waals surface area contributed by atoms with E-state index in [1.165, 1.54) is 0 Å². The molecular formula is C16H23N5O. The van der Waals surface area contributed by atoms with Gasteiger partial charge < -0.3 is 14.7 Å². The van der Waals surface area contributed by atoms with E-state index in [2.05, 4.69) is 16.8 Å². The van der Waals surface area contributed by atoms with Crippen LogP contribution in [0.15, 0.2) is 29.2 Å².